The lowest BCUT2D eigenvalue weighted by Gasteiger charge is -2.22. The number of halogens is 1. The van der Waals surface area contributed by atoms with Crippen LogP contribution in [0.25, 0.3) is 0 Å². The molecule has 23 heavy (non-hydrogen) atoms. The Balaban J connectivity index is 0. The maximum atomic E-state index is 5.75. The number of ether oxygens (including phenoxy) is 2. The Morgan fingerprint density at radius 2 is 1.83 bits per heavy atom. The zero-order chi connectivity index (χ0) is 16.8. The average Bonchev–Trinajstić information content (AvgIpc) is 2.50. The molecule has 7 heteroatoms. The van der Waals surface area contributed by atoms with Crippen molar-refractivity contribution in [2.75, 3.05) is 60.6 Å². The molecule has 0 saturated carbocycles. The fraction of sp³-hybridized carbons (Fsp3) is 0.938. The number of methoxy groups -OCH3 is 1. The Morgan fingerprint density at radius 3 is 2.35 bits per heavy atom. The molecule has 2 N–H and O–H groups in total. The molecule has 0 fully saturated rings. The second kappa shape index (κ2) is 16.7. The monoisotopic (exact) mass is 444 g/mol. The van der Waals surface area contributed by atoms with Crippen molar-refractivity contribution in [3.05, 3.63) is 0 Å². The summed E-state index contributed by atoms with van der Waals surface area (Å²) in [4.78, 5) is 6.47. The summed E-state index contributed by atoms with van der Waals surface area (Å²) in [7, 11) is 5.61. The number of hydrogen-bond acceptors (Lipinski definition) is 4. The second-order valence-corrected chi connectivity index (χ2v) is 5.75. The van der Waals surface area contributed by atoms with Crippen molar-refractivity contribution in [3.8, 4) is 0 Å². The summed E-state index contributed by atoms with van der Waals surface area (Å²) in [6.45, 7) is 11.6. The third-order valence-electron chi connectivity index (χ3n) is 3.53. The summed E-state index contributed by atoms with van der Waals surface area (Å²) in [5.41, 5.74) is 0. The Hall–Kier alpha value is -0.120. The van der Waals surface area contributed by atoms with Crippen LogP contribution in [0.1, 0.15) is 27.2 Å². The molecule has 0 radical (unpaired) electrons. The van der Waals surface area contributed by atoms with Gasteiger partial charge in [-0.25, -0.2) is 0 Å². The number of likely N-dealkylation sites (N-methyl/N-ethyl adjacent to an activating group) is 1. The fourth-order valence-corrected chi connectivity index (χ4v) is 2.10. The van der Waals surface area contributed by atoms with Crippen molar-refractivity contribution < 1.29 is 9.47 Å². The molecule has 6 nitrogen and oxygen atoms in total. The maximum Gasteiger partial charge on any atom is 0.191 e. The molecule has 140 valence electrons. The van der Waals surface area contributed by atoms with Gasteiger partial charge in [-0.15, -0.1) is 24.0 Å². The molecular formula is C16H37IN4O2. The minimum Gasteiger partial charge on any atom is -0.383 e. The van der Waals surface area contributed by atoms with Gasteiger partial charge in [-0.3, -0.25) is 4.99 Å². The molecule has 1 unspecified atom stereocenters. The molecule has 0 aliphatic rings. The van der Waals surface area contributed by atoms with Crippen molar-refractivity contribution in [1.29, 1.82) is 0 Å². The van der Waals surface area contributed by atoms with Crippen molar-refractivity contribution in [3.63, 3.8) is 0 Å². The SMILES string of the molecule is CCOC(CCNC(=NC)NCCN(C)CCOC)C(C)C.I. The van der Waals surface area contributed by atoms with Gasteiger partial charge in [0.25, 0.3) is 0 Å². The van der Waals surface area contributed by atoms with E-state index in [4.69, 9.17) is 9.47 Å². The first kappa shape index (κ1) is 25.1. The lowest BCUT2D eigenvalue weighted by Crippen LogP contribution is -2.42. The Kier molecular flexibility index (Phi) is 18.3. The molecule has 0 spiro atoms. The fourth-order valence-electron chi connectivity index (χ4n) is 2.10. The summed E-state index contributed by atoms with van der Waals surface area (Å²) < 4.78 is 10.8. The standard InChI is InChI=1S/C16H36N4O2.HI/c1-7-22-15(14(2)3)8-9-18-16(17-4)19-10-11-20(5)12-13-21-6;/h14-15H,7-13H2,1-6H3,(H2,17,18,19);1H. The largest absolute Gasteiger partial charge is 0.383 e. The zero-order valence-corrected chi connectivity index (χ0v) is 18.1. The highest BCUT2D eigenvalue weighted by Gasteiger charge is 2.12. The average molecular weight is 444 g/mol. The molecule has 0 bridgehead atoms. The predicted octanol–water partition coefficient (Wildman–Crippen LogP) is 1.80. The Morgan fingerprint density at radius 1 is 1.17 bits per heavy atom. The van der Waals surface area contributed by atoms with Crippen molar-refractivity contribution in [2.45, 2.75) is 33.3 Å². The summed E-state index contributed by atoms with van der Waals surface area (Å²) in [6.07, 6.45) is 1.29. The molecule has 0 aromatic rings. The van der Waals surface area contributed by atoms with Crippen molar-refractivity contribution in [1.82, 2.24) is 15.5 Å². The van der Waals surface area contributed by atoms with E-state index in [0.717, 1.165) is 51.8 Å². The van der Waals surface area contributed by atoms with Crippen LogP contribution in [0.2, 0.25) is 0 Å². The van der Waals surface area contributed by atoms with Crippen LogP contribution in [-0.4, -0.2) is 77.6 Å². The van der Waals surface area contributed by atoms with Crippen LogP contribution < -0.4 is 10.6 Å². The number of nitrogens with one attached hydrogen (secondary N) is 2. The first-order chi connectivity index (χ1) is 10.5. The molecule has 1 atom stereocenters. The van der Waals surface area contributed by atoms with Gasteiger partial charge < -0.3 is 25.0 Å². The molecule has 0 aromatic heterocycles. The number of hydrogen-bond donors (Lipinski definition) is 2. The van der Waals surface area contributed by atoms with Gasteiger partial charge in [0.15, 0.2) is 5.96 Å². The third kappa shape index (κ3) is 14.0. The minimum absolute atomic E-state index is 0. The number of rotatable bonds is 12. The summed E-state index contributed by atoms with van der Waals surface area (Å²) >= 11 is 0. The van der Waals surface area contributed by atoms with Gasteiger partial charge in [-0.1, -0.05) is 13.8 Å². The van der Waals surface area contributed by atoms with E-state index in [9.17, 15) is 0 Å². The molecule has 0 saturated heterocycles. The summed E-state index contributed by atoms with van der Waals surface area (Å²) in [6, 6.07) is 0. The number of guanidine groups is 1. The van der Waals surface area contributed by atoms with E-state index in [2.05, 4.69) is 41.4 Å². The van der Waals surface area contributed by atoms with Crippen LogP contribution in [0.5, 0.6) is 0 Å². The first-order valence-corrected chi connectivity index (χ1v) is 8.28. The van der Waals surface area contributed by atoms with Gasteiger partial charge in [0.1, 0.15) is 0 Å². The lowest BCUT2D eigenvalue weighted by atomic mass is 10.0. The smallest absolute Gasteiger partial charge is 0.191 e. The van der Waals surface area contributed by atoms with Crippen LogP contribution in [0.3, 0.4) is 0 Å². The molecule has 0 aliphatic heterocycles. The van der Waals surface area contributed by atoms with E-state index in [1.54, 1.807) is 14.2 Å². The van der Waals surface area contributed by atoms with Gasteiger partial charge in [0, 0.05) is 46.9 Å². The first-order valence-electron chi connectivity index (χ1n) is 8.28. The number of nitrogens with zero attached hydrogens (tertiary/aromatic N) is 2. The summed E-state index contributed by atoms with van der Waals surface area (Å²) in [5, 5.41) is 6.67. The quantitative estimate of drug-likeness (QED) is 0.273. The molecule has 0 amide bonds. The van der Waals surface area contributed by atoms with Gasteiger partial charge in [0.2, 0.25) is 0 Å². The highest BCUT2D eigenvalue weighted by Crippen LogP contribution is 2.09. The minimum atomic E-state index is 0. The lowest BCUT2D eigenvalue weighted by molar-refractivity contribution is 0.0258. The Labute approximate surface area is 159 Å². The van der Waals surface area contributed by atoms with E-state index in [1.807, 2.05) is 6.92 Å². The van der Waals surface area contributed by atoms with Gasteiger partial charge >= 0.3 is 0 Å². The summed E-state index contributed by atoms with van der Waals surface area (Å²) in [5.74, 6) is 1.38. The molecule has 0 aromatic carbocycles. The zero-order valence-electron chi connectivity index (χ0n) is 15.7. The highest BCUT2D eigenvalue weighted by molar-refractivity contribution is 14.0. The van der Waals surface area contributed by atoms with E-state index in [0.29, 0.717) is 12.0 Å². The topological polar surface area (TPSA) is 58.1 Å². The van der Waals surface area contributed by atoms with Crippen molar-refractivity contribution in [2.24, 2.45) is 10.9 Å². The Bertz CT molecular complexity index is 291. The van der Waals surface area contributed by atoms with Crippen LogP contribution in [0.4, 0.5) is 0 Å². The van der Waals surface area contributed by atoms with Crippen LogP contribution in [0.15, 0.2) is 4.99 Å². The molecule has 0 aliphatic carbocycles. The number of aliphatic imine (C=N–C) groups is 1. The van der Waals surface area contributed by atoms with Crippen LogP contribution >= 0.6 is 24.0 Å². The predicted molar refractivity (Wildman–Crippen MR) is 109 cm³/mol. The third-order valence-corrected chi connectivity index (χ3v) is 3.53. The second-order valence-electron chi connectivity index (χ2n) is 5.75. The normalized spacial score (nSPS) is 13.1. The molecule has 0 rings (SSSR count). The van der Waals surface area contributed by atoms with Gasteiger partial charge in [0.05, 0.1) is 12.7 Å². The van der Waals surface area contributed by atoms with Crippen LogP contribution in [-0.2, 0) is 9.47 Å². The van der Waals surface area contributed by atoms with Gasteiger partial charge in [-0.05, 0) is 26.3 Å². The molecule has 0 heterocycles. The highest BCUT2D eigenvalue weighted by atomic mass is 127. The molecular weight excluding hydrogens is 407 g/mol. The van der Waals surface area contributed by atoms with E-state index < -0.39 is 0 Å². The van der Waals surface area contributed by atoms with E-state index in [1.165, 1.54) is 0 Å². The van der Waals surface area contributed by atoms with E-state index in [-0.39, 0.29) is 24.0 Å². The van der Waals surface area contributed by atoms with Gasteiger partial charge in [-0.2, -0.15) is 0 Å². The van der Waals surface area contributed by atoms with E-state index >= 15 is 0 Å². The van der Waals surface area contributed by atoms with Crippen molar-refractivity contribution >= 4 is 29.9 Å². The maximum absolute atomic E-state index is 5.75. The van der Waals surface area contributed by atoms with Crippen LogP contribution in [0, 0.1) is 5.92 Å².